The molecule has 0 atom stereocenters. The summed E-state index contributed by atoms with van der Waals surface area (Å²) in [5, 5.41) is 3.97. The Labute approximate surface area is 208 Å². The fraction of sp³-hybridized carbons (Fsp3) is 0.160. The third-order valence-electron chi connectivity index (χ3n) is 5.82. The molecule has 35 heavy (non-hydrogen) atoms. The number of benzene rings is 3. The van der Waals surface area contributed by atoms with Crippen molar-refractivity contribution >= 4 is 50.0 Å². The number of nitrogens with one attached hydrogen (secondary N) is 2. The van der Waals surface area contributed by atoms with Crippen molar-refractivity contribution in [3.8, 4) is 11.4 Å². The van der Waals surface area contributed by atoms with Crippen LogP contribution in [0.4, 0.5) is 11.4 Å². The normalized spacial score (nSPS) is 15.2. The summed E-state index contributed by atoms with van der Waals surface area (Å²) < 4.78 is 28.3. The van der Waals surface area contributed by atoms with Gasteiger partial charge in [0.15, 0.2) is 5.82 Å². The molecule has 2 heterocycles. The Kier molecular flexibility index (Phi) is 6.14. The zero-order chi connectivity index (χ0) is 24.6. The van der Waals surface area contributed by atoms with Gasteiger partial charge in [0.2, 0.25) is 0 Å². The zero-order valence-electron chi connectivity index (χ0n) is 18.8. The molecule has 8 nitrogen and oxygen atoms in total. The molecule has 0 spiro atoms. The number of carbonyl (C=O) groups excluding carboxylic acids is 1. The first-order chi connectivity index (χ1) is 16.8. The number of rotatable bonds is 4. The molecule has 5 rings (SSSR count). The van der Waals surface area contributed by atoms with Gasteiger partial charge in [-0.3, -0.25) is 9.10 Å². The minimum absolute atomic E-state index is 0.158. The van der Waals surface area contributed by atoms with Gasteiger partial charge < -0.3 is 5.32 Å². The average Bonchev–Trinajstić information content (AvgIpc) is 2.84. The molecule has 1 amide bonds. The Bertz CT molecular complexity index is 1560. The lowest BCUT2D eigenvalue weighted by Gasteiger charge is -2.28. The molecule has 2 N–H and O–H groups in total. The van der Waals surface area contributed by atoms with Crippen molar-refractivity contribution in [2.45, 2.75) is 13.3 Å². The van der Waals surface area contributed by atoms with Crippen LogP contribution in [0.1, 0.15) is 22.3 Å². The quantitative estimate of drug-likeness (QED) is 0.421. The zero-order valence-corrected chi connectivity index (χ0v) is 20.4. The van der Waals surface area contributed by atoms with Gasteiger partial charge in [-0.25, -0.2) is 9.97 Å². The minimum Gasteiger partial charge on any atom is -0.322 e. The van der Waals surface area contributed by atoms with Crippen molar-refractivity contribution in [1.82, 2.24) is 14.7 Å². The van der Waals surface area contributed by atoms with Gasteiger partial charge in [-0.1, -0.05) is 35.9 Å². The molecular weight excluding hydrogens is 486 g/mol. The van der Waals surface area contributed by atoms with Crippen LogP contribution in [0.2, 0.25) is 5.02 Å². The molecule has 1 aromatic heterocycles. The van der Waals surface area contributed by atoms with E-state index >= 15 is 0 Å². The van der Waals surface area contributed by atoms with Gasteiger partial charge >= 0.3 is 10.2 Å². The largest absolute Gasteiger partial charge is 0.322 e. The topological polar surface area (TPSA) is 104 Å². The van der Waals surface area contributed by atoms with E-state index in [-0.39, 0.29) is 10.6 Å². The number of carbonyl (C=O) groups is 1. The maximum absolute atomic E-state index is 13.0. The van der Waals surface area contributed by atoms with Gasteiger partial charge in [0, 0.05) is 35.9 Å². The van der Waals surface area contributed by atoms with Crippen LogP contribution in [-0.4, -0.2) is 37.4 Å². The number of aromatic nitrogens is 2. The number of amides is 1. The molecule has 1 saturated heterocycles. The van der Waals surface area contributed by atoms with E-state index in [2.05, 4.69) is 20.0 Å². The van der Waals surface area contributed by atoms with Crippen molar-refractivity contribution in [3.05, 3.63) is 83.0 Å². The molecule has 0 bridgehead atoms. The average molecular weight is 508 g/mol. The van der Waals surface area contributed by atoms with Crippen LogP contribution in [0.25, 0.3) is 22.3 Å². The summed E-state index contributed by atoms with van der Waals surface area (Å²) in [6, 6.07) is 17.9. The lowest BCUT2D eigenvalue weighted by molar-refractivity contribution is 0.102. The SMILES string of the molecule is Cc1ccc(NC(=O)c2ccc(N3CCCNS3(=O)=O)cc2Cl)cc1-c1ncc2ccccc2n1. The van der Waals surface area contributed by atoms with E-state index in [1.165, 1.54) is 16.4 Å². The van der Waals surface area contributed by atoms with Crippen molar-refractivity contribution in [2.24, 2.45) is 0 Å². The second-order valence-electron chi connectivity index (χ2n) is 8.23. The van der Waals surface area contributed by atoms with Crippen LogP contribution in [-0.2, 0) is 10.2 Å². The van der Waals surface area contributed by atoms with E-state index < -0.39 is 16.1 Å². The van der Waals surface area contributed by atoms with Gasteiger partial charge in [0.25, 0.3) is 5.91 Å². The summed E-state index contributed by atoms with van der Waals surface area (Å²) in [6.07, 6.45) is 2.46. The van der Waals surface area contributed by atoms with E-state index in [4.69, 9.17) is 11.6 Å². The van der Waals surface area contributed by atoms with E-state index in [9.17, 15) is 13.2 Å². The highest BCUT2D eigenvalue weighted by molar-refractivity contribution is 7.90. The third kappa shape index (κ3) is 4.70. The van der Waals surface area contributed by atoms with Crippen molar-refractivity contribution in [1.29, 1.82) is 0 Å². The van der Waals surface area contributed by atoms with Crippen LogP contribution >= 0.6 is 11.6 Å². The molecule has 10 heteroatoms. The highest BCUT2D eigenvalue weighted by Gasteiger charge is 2.26. The van der Waals surface area contributed by atoms with Gasteiger partial charge in [0.05, 0.1) is 21.8 Å². The number of aryl methyl sites for hydroxylation is 1. The number of halogens is 1. The fourth-order valence-corrected chi connectivity index (χ4v) is 5.55. The van der Waals surface area contributed by atoms with Crippen molar-refractivity contribution in [2.75, 3.05) is 22.7 Å². The fourth-order valence-electron chi connectivity index (χ4n) is 3.97. The smallest absolute Gasteiger partial charge is 0.301 e. The summed E-state index contributed by atoms with van der Waals surface area (Å²) in [4.78, 5) is 22.1. The molecule has 1 aliphatic heterocycles. The Morgan fingerprint density at radius 3 is 2.74 bits per heavy atom. The van der Waals surface area contributed by atoms with Crippen molar-refractivity contribution in [3.63, 3.8) is 0 Å². The van der Waals surface area contributed by atoms with Crippen LogP contribution in [0.3, 0.4) is 0 Å². The molecule has 1 fully saturated rings. The Balaban J connectivity index is 1.40. The first-order valence-corrected chi connectivity index (χ1v) is 12.8. The molecule has 3 aromatic carbocycles. The number of para-hydroxylation sites is 1. The van der Waals surface area contributed by atoms with Crippen molar-refractivity contribution < 1.29 is 13.2 Å². The molecule has 0 saturated carbocycles. The number of hydrogen-bond donors (Lipinski definition) is 2. The number of anilines is 2. The van der Waals surface area contributed by atoms with Crippen LogP contribution < -0.4 is 14.3 Å². The lowest BCUT2D eigenvalue weighted by atomic mass is 10.1. The summed E-state index contributed by atoms with van der Waals surface area (Å²) in [6.45, 7) is 2.70. The number of hydrogen-bond acceptors (Lipinski definition) is 5. The first-order valence-electron chi connectivity index (χ1n) is 11.0. The highest BCUT2D eigenvalue weighted by Crippen LogP contribution is 2.29. The lowest BCUT2D eigenvalue weighted by Crippen LogP contribution is -2.47. The van der Waals surface area contributed by atoms with E-state index in [1.54, 1.807) is 18.3 Å². The number of fused-ring (bicyclic) bond motifs is 1. The molecule has 0 radical (unpaired) electrons. The minimum atomic E-state index is -3.61. The summed E-state index contributed by atoms with van der Waals surface area (Å²) in [5.41, 5.74) is 3.82. The Morgan fingerprint density at radius 1 is 1.11 bits per heavy atom. The molecule has 0 unspecified atom stereocenters. The van der Waals surface area contributed by atoms with E-state index in [0.29, 0.717) is 36.7 Å². The summed E-state index contributed by atoms with van der Waals surface area (Å²) in [5.74, 6) is 0.159. The molecule has 1 aliphatic rings. The third-order valence-corrected chi connectivity index (χ3v) is 7.68. The maximum atomic E-state index is 13.0. The van der Waals surface area contributed by atoms with E-state index in [0.717, 1.165) is 22.0 Å². The molecule has 0 aliphatic carbocycles. The first kappa shape index (κ1) is 23.2. The second-order valence-corrected chi connectivity index (χ2v) is 10.3. The maximum Gasteiger partial charge on any atom is 0.301 e. The second kappa shape index (κ2) is 9.26. The monoisotopic (exact) mass is 507 g/mol. The molecule has 178 valence electrons. The number of nitrogens with zero attached hydrogens (tertiary/aromatic N) is 3. The van der Waals surface area contributed by atoms with Gasteiger partial charge in [-0.2, -0.15) is 13.1 Å². The summed E-state index contributed by atoms with van der Waals surface area (Å²) in [7, 11) is -3.61. The standard InChI is InChI=1S/C25H22ClN5O3S/c1-16-7-8-18(13-21(16)24-27-15-17-5-2-3-6-23(17)30-24)29-25(32)20-10-9-19(14-22(20)26)31-12-4-11-28-35(31,33)34/h2-3,5-10,13-15,28H,4,11-12H2,1H3,(H,29,32). The molecular formula is C25H22ClN5O3S. The van der Waals surface area contributed by atoms with Gasteiger partial charge in [0.1, 0.15) is 0 Å². The predicted molar refractivity (Wildman–Crippen MR) is 138 cm³/mol. The molecule has 4 aromatic rings. The van der Waals surface area contributed by atoms with Gasteiger partial charge in [-0.05, 0) is 55.3 Å². The Morgan fingerprint density at radius 2 is 1.94 bits per heavy atom. The van der Waals surface area contributed by atoms with Crippen LogP contribution in [0.15, 0.2) is 66.9 Å². The van der Waals surface area contributed by atoms with Crippen LogP contribution in [0.5, 0.6) is 0 Å². The Hall–Kier alpha value is -3.53. The van der Waals surface area contributed by atoms with E-state index in [1.807, 2.05) is 43.3 Å². The predicted octanol–water partition coefficient (Wildman–Crippen LogP) is 4.56. The van der Waals surface area contributed by atoms with Gasteiger partial charge in [-0.15, -0.1) is 0 Å². The van der Waals surface area contributed by atoms with Crippen LogP contribution in [0, 0.1) is 6.92 Å². The highest BCUT2D eigenvalue weighted by atomic mass is 35.5. The summed E-state index contributed by atoms with van der Waals surface area (Å²) >= 11 is 6.39.